The van der Waals surface area contributed by atoms with Crippen molar-refractivity contribution in [3.8, 4) is 5.75 Å². The summed E-state index contributed by atoms with van der Waals surface area (Å²) in [6.45, 7) is 5.89. The average molecular weight is 309 g/mol. The first kappa shape index (κ1) is 15.1. The number of aryl methyl sites for hydroxylation is 3. The molecule has 3 aromatic rings. The standard InChI is InChI=1S/C18H19N3O2/c1-11-7-8-14(10-12(11)2)20-18(22)16-13(3)19-17-15(23-4)6-5-9-21(16)17/h5-10H,1-4H3,(H,20,22). The van der Waals surface area contributed by atoms with E-state index in [1.54, 1.807) is 11.5 Å². The molecule has 23 heavy (non-hydrogen) atoms. The molecule has 0 aliphatic rings. The zero-order chi connectivity index (χ0) is 16.6. The summed E-state index contributed by atoms with van der Waals surface area (Å²) in [5.74, 6) is 0.451. The molecule has 1 N–H and O–H groups in total. The third-order valence-corrected chi connectivity index (χ3v) is 3.99. The highest BCUT2D eigenvalue weighted by molar-refractivity contribution is 6.04. The van der Waals surface area contributed by atoms with Crippen molar-refractivity contribution in [3.63, 3.8) is 0 Å². The maximum atomic E-state index is 12.7. The molecule has 1 amide bonds. The van der Waals surface area contributed by atoms with E-state index >= 15 is 0 Å². The molecule has 0 bridgehead atoms. The van der Waals surface area contributed by atoms with Crippen molar-refractivity contribution in [2.45, 2.75) is 20.8 Å². The smallest absolute Gasteiger partial charge is 0.274 e. The van der Waals surface area contributed by atoms with E-state index in [9.17, 15) is 4.79 Å². The number of nitrogens with zero attached hydrogens (tertiary/aromatic N) is 2. The van der Waals surface area contributed by atoms with Crippen LogP contribution in [-0.2, 0) is 0 Å². The molecule has 0 radical (unpaired) electrons. The predicted octanol–water partition coefficient (Wildman–Crippen LogP) is 3.52. The van der Waals surface area contributed by atoms with Crippen molar-refractivity contribution >= 4 is 17.2 Å². The van der Waals surface area contributed by atoms with Gasteiger partial charge in [0, 0.05) is 11.9 Å². The Hall–Kier alpha value is -2.82. The first-order chi connectivity index (χ1) is 11.0. The van der Waals surface area contributed by atoms with Crippen LogP contribution in [0.5, 0.6) is 5.75 Å². The number of nitrogens with one attached hydrogen (secondary N) is 1. The summed E-state index contributed by atoms with van der Waals surface area (Å²) in [4.78, 5) is 17.1. The summed E-state index contributed by atoms with van der Waals surface area (Å²) in [6.07, 6.45) is 1.81. The molecule has 0 fully saturated rings. The Kier molecular flexibility index (Phi) is 3.78. The van der Waals surface area contributed by atoms with Crippen molar-refractivity contribution in [1.82, 2.24) is 9.38 Å². The highest BCUT2D eigenvalue weighted by atomic mass is 16.5. The molecule has 2 heterocycles. The number of imidazole rings is 1. The number of benzene rings is 1. The van der Waals surface area contributed by atoms with E-state index in [0.29, 0.717) is 22.8 Å². The highest BCUT2D eigenvalue weighted by Gasteiger charge is 2.18. The summed E-state index contributed by atoms with van der Waals surface area (Å²) < 4.78 is 7.06. The van der Waals surface area contributed by atoms with Gasteiger partial charge in [0.2, 0.25) is 0 Å². The minimum Gasteiger partial charge on any atom is -0.493 e. The van der Waals surface area contributed by atoms with Crippen molar-refractivity contribution in [3.05, 3.63) is 59.0 Å². The number of pyridine rings is 1. The second-order valence-electron chi connectivity index (χ2n) is 5.57. The Morgan fingerprint density at radius 2 is 1.96 bits per heavy atom. The molecule has 0 unspecified atom stereocenters. The second kappa shape index (κ2) is 5.76. The van der Waals surface area contributed by atoms with Crippen molar-refractivity contribution in [2.75, 3.05) is 12.4 Å². The van der Waals surface area contributed by atoms with Gasteiger partial charge in [-0.15, -0.1) is 0 Å². The number of carbonyl (C=O) groups excluding carboxylic acids is 1. The summed E-state index contributed by atoms with van der Waals surface area (Å²) in [6, 6.07) is 9.52. The summed E-state index contributed by atoms with van der Waals surface area (Å²) in [5.41, 5.74) is 4.92. The van der Waals surface area contributed by atoms with Crippen LogP contribution in [0, 0.1) is 20.8 Å². The molecule has 118 valence electrons. The molecule has 5 nitrogen and oxygen atoms in total. The van der Waals surface area contributed by atoms with Gasteiger partial charge in [0.15, 0.2) is 11.4 Å². The van der Waals surface area contributed by atoms with Gasteiger partial charge in [-0.05, 0) is 56.2 Å². The Balaban J connectivity index is 2.01. The number of fused-ring (bicyclic) bond motifs is 1. The number of anilines is 1. The molecule has 5 heteroatoms. The largest absolute Gasteiger partial charge is 0.493 e. The van der Waals surface area contributed by atoms with Gasteiger partial charge in [-0.2, -0.15) is 0 Å². The normalized spacial score (nSPS) is 10.8. The summed E-state index contributed by atoms with van der Waals surface area (Å²) in [5, 5.41) is 2.94. The van der Waals surface area contributed by atoms with Gasteiger partial charge >= 0.3 is 0 Å². The van der Waals surface area contributed by atoms with Crippen LogP contribution in [0.1, 0.15) is 27.3 Å². The van der Waals surface area contributed by atoms with E-state index in [2.05, 4.69) is 10.3 Å². The number of hydrogen-bond donors (Lipinski definition) is 1. The fourth-order valence-electron chi connectivity index (χ4n) is 2.60. The zero-order valence-corrected chi connectivity index (χ0v) is 13.7. The fourth-order valence-corrected chi connectivity index (χ4v) is 2.60. The van der Waals surface area contributed by atoms with Gasteiger partial charge in [-0.1, -0.05) is 6.07 Å². The number of amides is 1. The van der Waals surface area contributed by atoms with Crippen molar-refractivity contribution < 1.29 is 9.53 Å². The number of methoxy groups -OCH3 is 1. The van der Waals surface area contributed by atoms with Gasteiger partial charge in [0.25, 0.3) is 5.91 Å². The SMILES string of the molecule is COc1cccn2c(C(=O)Nc3ccc(C)c(C)c3)c(C)nc12. The molecule has 0 aliphatic carbocycles. The lowest BCUT2D eigenvalue weighted by Gasteiger charge is -2.08. The molecule has 2 aromatic heterocycles. The molecule has 0 aliphatic heterocycles. The van der Waals surface area contributed by atoms with Crippen molar-refractivity contribution in [2.24, 2.45) is 0 Å². The van der Waals surface area contributed by atoms with E-state index in [0.717, 1.165) is 11.3 Å². The van der Waals surface area contributed by atoms with Gasteiger partial charge in [-0.25, -0.2) is 4.98 Å². The number of rotatable bonds is 3. The van der Waals surface area contributed by atoms with Gasteiger partial charge in [-0.3, -0.25) is 9.20 Å². The van der Waals surface area contributed by atoms with Crippen LogP contribution in [-0.4, -0.2) is 22.4 Å². The molecular formula is C18H19N3O2. The fraction of sp³-hybridized carbons (Fsp3) is 0.222. The maximum absolute atomic E-state index is 12.7. The third kappa shape index (κ3) is 2.65. The Morgan fingerprint density at radius 3 is 2.65 bits per heavy atom. The molecule has 0 saturated carbocycles. The molecule has 0 saturated heterocycles. The first-order valence-electron chi connectivity index (χ1n) is 7.41. The monoisotopic (exact) mass is 309 g/mol. The van der Waals surface area contributed by atoms with E-state index in [1.165, 1.54) is 5.56 Å². The lowest BCUT2D eigenvalue weighted by Crippen LogP contribution is -2.15. The second-order valence-corrected chi connectivity index (χ2v) is 5.57. The third-order valence-electron chi connectivity index (χ3n) is 3.99. The summed E-state index contributed by atoms with van der Waals surface area (Å²) >= 11 is 0. The number of hydrogen-bond acceptors (Lipinski definition) is 3. The van der Waals surface area contributed by atoms with Crippen LogP contribution < -0.4 is 10.1 Å². The van der Waals surface area contributed by atoms with Crippen LogP contribution in [0.15, 0.2) is 36.5 Å². The van der Waals surface area contributed by atoms with Crippen LogP contribution in [0.3, 0.4) is 0 Å². The number of carbonyl (C=O) groups is 1. The van der Waals surface area contributed by atoms with E-state index < -0.39 is 0 Å². The van der Waals surface area contributed by atoms with Gasteiger partial charge in [0.1, 0.15) is 5.69 Å². The Morgan fingerprint density at radius 1 is 1.17 bits per heavy atom. The Bertz CT molecular complexity index is 897. The molecule has 0 atom stereocenters. The molecular weight excluding hydrogens is 290 g/mol. The van der Waals surface area contributed by atoms with Crippen LogP contribution in [0.4, 0.5) is 5.69 Å². The van der Waals surface area contributed by atoms with Crippen LogP contribution in [0.2, 0.25) is 0 Å². The summed E-state index contributed by atoms with van der Waals surface area (Å²) in [7, 11) is 1.59. The van der Waals surface area contributed by atoms with Gasteiger partial charge in [0.05, 0.1) is 12.8 Å². The predicted molar refractivity (Wildman–Crippen MR) is 90.4 cm³/mol. The van der Waals surface area contributed by atoms with E-state index in [-0.39, 0.29) is 5.91 Å². The molecule has 0 spiro atoms. The minimum absolute atomic E-state index is 0.188. The maximum Gasteiger partial charge on any atom is 0.274 e. The molecule has 1 aromatic carbocycles. The first-order valence-corrected chi connectivity index (χ1v) is 7.41. The zero-order valence-electron chi connectivity index (χ0n) is 13.7. The lowest BCUT2D eigenvalue weighted by molar-refractivity contribution is 0.102. The number of aromatic nitrogens is 2. The topological polar surface area (TPSA) is 55.6 Å². The highest BCUT2D eigenvalue weighted by Crippen LogP contribution is 2.22. The minimum atomic E-state index is -0.188. The van der Waals surface area contributed by atoms with E-state index in [1.807, 2.05) is 57.3 Å². The lowest BCUT2D eigenvalue weighted by atomic mass is 10.1. The van der Waals surface area contributed by atoms with Gasteiger partial charge < -0.3 is 10.1 Å². The average Bonchev–Trinajstić information content (AvgIpc) is 2.86. The number of ether oxygens (including phenoxy) is 1. The Labute approximate surface area is 134 Å². The molecule has 3 rings (SSSR count). The van der Waals surface area contributed by atoms with E-state index in [4.69, 9.17) is 4.74 Å². The quantitative estimate of drug-likeness (QED) is 0.805. The van der Waals surface area contributed by atoms with Crippen molar-refractivity contribution in [1.29, 1.82) is 0 Å². The van der Waals surface area contributed by atoms with Crippen LogP contribution in [0.25, 0.3) is 5.65 Å². The van der Waals surface area contributed by atoms with Crippen LogP contribution >= 0.6 is 0 Å².